The monoisotopic (exact) mass is 480 g/mol. The number of anilines is 1. The summed E-state index contributed by atoms with van der Waals surface area (Å²) in [6, 6.07) is 2.83. The van der Waals surface area contributed by atoms with Crippen molar-refractivity contribution < 1.29 is 13.2 Å². The van der Waals surface area contributed by atoms with Crippen LogP contribution in [0.1, 0.15) is 35.6 Å². The number of aromatic nitrogens is 1. The molecule has 0 spiro atoms. The summed E-state index contributed by atoms with van der Waals surface area (Å²) in [5.74, 6) is -0.00392. The van der Waals surface area contributed by atoms with Crippen LogP contribution in [0.25, 0.3) is 0 Å². The van der Waals surface area contributed by atoms with Crippen LogP contribution in [0.15, 0.2) is 26.4 Å². The van der Waals surface area contributed by atoms with Crippen molar-refractivity contribution >= 4 is 72.4 Å². The Labute approximate surface area is 168 Å². The summed E-state index contributed by atoms with van der Waals surface area (Å²) in [5.41, 5.74) is 0.468. The Kier molecular flexibility index (Phi) is 5.00. The second kappa shape index (κ2) is 6.53. The highest BCUT2D eigenvalue weighted by molar-refractivity contribution is 9.10. The van der Waals surface area contributed by atoms with Gasteiger partial charge in [0.15, 0.2) is 10.9 Å². The van der Waals surface area contributed by atoms with Gasteiger partial charge in [-0.3, -0.25) is 9.52 Å². The van der Waals surface area contributed by atoms with Crippen molar-refractivity contribution in [3.05, 3.63) is 32.2 Å². The van der Waals surface area contributed by atoms with Gasteiger partial charge in [0.2, 0.25) is 0 Å². The number of halogens is 2. The van der Waals surface area contributed by atoms with E-state index >= 15 is 0 Å². The third kappa shape index (κ3) is 3.90. The normalized spacial score (nSPS) is 16.6. The number of hydrogen-bond acceptors (Lipinski definition) is 6. The lowest BCUT2D eigenvalue weighted by molar-refractivity contribution is 0.0916. The molecule has 0 radical (unpaired) electrons. The lowest BCUT2D eigenvalue weighted by Crippen LogP contribution is -2.26. The van der Waals surface area contributed by atoms with Gasteiger partial charge in [-0.15, -0.1) is 12.6 Å². The number of fused-ring (bicyclic) bond motifs is 1. The van der Waals surface area contributed by atoms with Crippen molar-refractivity contribution in [1.82, 2.24) is 4.98 Å². The Morgan fingerprint density at radius 3 is 2.72 bits per heavy atom. The van der Waals surface area contributed by atoms with Crippen molar-refractivity contribution in [1.29, 1.82) is 0 Å². The van der Waals surface area contributed by atoms with Crippen molar-refractivity contribution in [2.45, 2.75) is 36.5 Å². The first kappa shape index (κ1) is 19.2. The number of nitrogens with one attached hydrogen (secondary N) is 1. The van der Waals surface area contributed by atoms with Gasteiger partial charge in [-0.1, -0.05) is 36.8 Å². The summed E-state index contributed by atoms with van der Waals surface area (Å²) >= 11 is 14.5. The maximum absolute atomic E-state index is 12.7. The van der Waals surface area contributed by atoms with E-state index in [-0.39, 0.29) is 31.1 Å². The molecule has 134 valence electrons. The Morgan fingerprint density at radius 1 is 1.36 bits per heavy atom. The molecule has 0 unspecified atom stereocenters. The van der Waals surface area contributed by atoms with Crippen LogP contribution in [0.5, 0.6) is 0 Å². The highest BCUT2D eigenvalue weighted by Crippen LogP contribution is 2.39. The first-order chi connectivity index (χ1) is 11.5. The molecule has 10 heteroatoms. The van der Waals surface area contributed by atoms with Crippen LogP contribution in [0, 0.1) is 5.41 Å². The fourth-order valence-corrected chi connectivity index (χ4v) is 6.23. The number of carbonyl (C=O) groups excluding carboxylic acids is 1. The van der Waals surface area contributed by atoms with Crippen molar-refractivity contribution in [3.8, 4) is 0 Å². The third-order valence-corrected chi connectivity index (χ3v) is 8.03. The number of Topliss-reactive ketones (excluding diaryl/α,β-unsaturated/α-hetero) is 1. The van der Waals surface area contributed by atoms with Gasteiger partial charge in [-0.05, 0) is 39.9 Å². The predicted octanol–water partition coefficient (Wildman–Crippen LogP) is 4.80. The lowest BCUT2D eigenvalue weighted by atomic mass is 9.78. The van der Waals surface area contributed by atoms with Gasteiger partial charge in [0.1, 0.15) is 4.90 Å². The SMILES string of the molecule is CC1(C)CC(=O)c2sc(NS(=O)(=O)c3cc(Cl)c(Br)cc3S)nc2C1. The molecule has 1 N–H and O–H groups in total. The minimum absolute atomic E-state index is 0.00392. The molecule has 5 nitrogen and oxygen atoms in total. The minimum Gasteiger partial charge on any atom is -0.293 e. The zero-order valence-corrected chi connectivity index (χ0v) is 18.1. The molecule has 1 aromatic heterocycles. The fourth-order valence-electron chi connectivity index (χ4n) is 2.67. The molecule has 25 heavy (non-hydrogen) atoms. The number of sulfonamides is 1. The highest BCUT2D eigenvalue weighted by Gasteiger charge is 2.34. The first-order valence-electron chi connectivity index (χ1n) is 7.22. The standard InChI is InChI=1S/C15H14BrClN2O3S3/c1-15(2)5-9-13(10(20)6-15)24-14(18-9)19-25(21,22)12-4-8(17)7(16)3-11(12)23/h3-4,23H,5-6H2,1-2H3,(H,18,19). The van der Waals surface area contributed by atoms with Gasteiger partial charge >= 0.3 is 0 Å². The van der Waals surface area contributed by atoms with Gasteiger partial charge in [-0.25, -0.2) is 13.4 Å². The second-order valence-corrected chi connectivity index (χ2v) is 11.0. The molecule has 0 fully saturated rings. The summed E-state index contributed by atoms with van der Waals surface area (Å²) in [5, 5.41) is 0.427. The van der Waals surface area contributed by atoms with E-state index in [9.17, 15) is 13.2 Å². The molecule has 2 aromatic rings. The van der Waals surface area contributed by atoms with Crippen LogP contribution >= 0.6 is 51.5 Å². The summed E-state index contributed by atoms with van der Waals surface area (Å²) in [6.45, 7) is 3.99. The molecule has 1 heterocycles. The van der Waals surface area contributed by atoms with E-state index in [1.165, 1.54) is 12.1 Å². The largest absolute Gasteiger partial charge is 0.293 e. The van der Waals surface area contributed by atoms with Crippen molar-refractivity contribution in [2.75, 3.05) is 4.72 Å². The molecule has 3 rings (SSSR count). The summed E-state index contributed by atoms with van der Waals surface area (Å²) < 4.78 is 28.3. The molecule has 0 aliphatic heterocycles. The van der Waals surface area contributed by atoms with Crippen LogP contribution in [0.3, 0.4) is 0 Å². The van der Waals surface area contributed by atoms with Crippen LogP contribution in [-0.2, 0) is 16.4 Å². The number of benzene rings is 1. The summed E-state index contributed by atoms with van der Waals surface area (Å²) in [7, 11) is -3.92. The number of rotatable bonds is 3. The predicted molar refractivity (Wildman–Crippen MR) is 106 cm³/mol. The Balaban J connectivity index is 1.96. The molecule has 1 aliphatic rings. The topological polar surface area (TPSA) is 76.1 Å². The zero-order valence-electron chi connectivity index (χ0n) is 13.3. The van der Waals surface area contributed by atoms with Crippen molar-refractivity contribution in [2.24, 2.45) is 5.41 Å². The molecule has 0 atom stereocenters. The smallest absolute Gasteiger partial charge is 0.264 e. The number of ketones is 1. The van der Waals surface area contributed by atoms with E-state index in [1.54, 1.807) is 0 Å². The van der Waals surface area contributed by atoms with E-state index in [4.69, 9.17) is 11.6 Å². The van der Waals surface area contributed by atoms with E-state index in [1.807, 2.05) is 13.8 Å². The quantitative estimate of drug-likeness (QED) is 0.617. The van der Waals surface area contributed by atoms with Crippen LogP contribution in [0.2, 0.25) is 5.02 Å². The molecular weight excluding hydrogens is 468 g/mol. The molecule has 0 saturated heterocycles. The first-order valence-corrected chi connectivity index (χ1v) is 11.1. The molecular formula is C15H14BrClN2O3S3. The van der Waals surface area contributed by atoms with Crippen LogP contribution in [-0.4, -0.2) is 19.2 Å². The van der Waals surface area contributed by atoms with Crippen LogP contribution in [0.4, 0.5) is 5.13 Å². The maximum atomic E-state index is 12.7. The number of hydrogen-bond donors (Lipinski definition) is 2. The lowest BCUT2D eigenvalue weighted by Gasteiger charge is -2.26. The van der Waals surface area contributed by atoms with E-state index in [2.05, 4.69) is 38.3 Å². The van der Waals surface area contributed by atoms with Gasteiger partial charge in [0.25, 0.3) is 10.0 Å². The number of nitrogens with zero attached hydrogens (tertiary/aromatic N) is 1. The van der Waals surface area contributed by atoms with E-state index in [0.29, 0.717) is 27.9 Å². The molecule has 0 amide bonds. The van der Waals surface area contributed by atoms with Gasteiger partial charge in [0, 0.05) is 15.8 Å². The number of thiol groups is 1. The van der Waals surface area contributed by atoms with Crippen LogP contribution < -0.4 is 4.72 Å². The summed E-state index contributed by atoms with van der Waals surface area (Å²) in [4.78, 5) is 17.3. The highest BCUT2D eigenvalue weighted by atomic mass is 79.9. The fraction of sp³-hybridized carbons (Fsp3) is 0.333. The Hall–Kier alpha value is -0.610. The average Bonchev–Trinajstić information content (AvgIpc) is 2.83. The van der Waals surface area contributed by atoms with Crippen molar-refractivity contribution in [3.63, 3.8) is 0 Å². The van der Waals surface area contributed by atoms with Gasteiger partial charge < -0.3 is 0 Å². The van der Waals surface area contributed by atoms with Gasteiger partial charge in [-0.2, -0.15) is 0 Å². The Bertz CT molecular complexity index is 986. The van der Waals surface area contributed by atoms with E-state index < -0.39 is 10.0 Å². The average molecular weight is 482 g/mol. The summed E-state index contributed by atoms with van der Waals surface area (Å²) in [6.07, 6.45) is 1.06. The molecule has 0 bridgehead atoms. The number of thiazole rings is 1. The zero-order chi connectivity index (χ0) is 18.6. The second-order valence-electron chi connectivity index (χ2n) is 6.58. The van der Waals surface area contributed by atoms with E-state index in [0.717, 1.165) is 11.3 Å². The Morgan fingerprint density at radius 2 is 2.04 bits per heavy atom. The molecule has 1 aromatic carbocycles. The van der Waals surface area contributed by atoms with Gasteiger partial charge in [0.05, 0.1) is 15.6 Å². The molecule has 0 saturated carbocycles. The maximum Gasteiger partial charge on any atom is 0.264 e. The third-order valence-electron chi connectivity index (χ3n) is 3.75. The number of carbonyl (C=O) groups is 1. The minimum atomic E-state index is -3.92. The molecule has 1 aliphatic carbocycles.